The van der Waals surface area contributed by atoms with Gasteiger partial charge >= 0.3 is 0 Å². The number of nitrogens with zero attached hydrogens (tertiary/aromatic N) is 3. The number of rotatable bonds is 7. The lowest BCUT2D eigenvalue weighted by Gasteiger charge is -2.35. The summed E-state index contributed by atoms with van der Waals surface area (Å²) in [6.07, 6.45) is 3.81. The van der Waals surface area contributed by atoms with Crippen molar-refractivity contribution in [3.8, 4) is 0 Å². The van der Waals surface area contributed by atoms with Crippen molar-refractivity contribution in [2.24, 2.45) is 5.92 Å². The molecule has 28 heavy (non-hydrogen) atoms. The van der Waals surface area contributed by atoms with Crippen LogP contribution in [0.5, 0.6) is 0 Å². The number of benzene rings is 1. The van der Waals surface area contributed by atoms with E-state index in [9.17, 15) is 9.59 Å². The predicted octanol–water partition coefficient (Wildman–Crippen LogP) is 3.34. The van der Waals surface area contributed by atoms with Gasteiger partial charge in [-0.25, -0.2) is 4.98 Å². The van der Waals surface area contributed by atoms with Crippen LogP contribution < -0.4 is 5.56 Å². The third kappa shape index (κ3) is 4.61. The molecule has 1 N–H and O–H groups in total. The highest BCUT2D eigenvalue weighted by Crippen LogP contribution is 2.27. The van der Waals surface area contributed by atoms with E-state index in [1.54, 1.807) is 6.07 Å². The molecular weight excluding hydrogens is 352 g/mol. The van der Waals surface area contributed by atoms with Crippen molar-refractivity contribution in [1.82, 2.24) is 19.8 Å². The summed E-state index contributed by atoms with van der Waals surface area (Å²) in [4.78, 5) is 36.5. The highest BCUT2D eigenvalue weighted by atomic mass is 16.2. The molecule has 2 heterocycles. The molecule has 1 unspecified atom stereocenters. The Hall–Kier alpha value is -2.21. The Bertz CT molecular complexity index is 851. The monoisotopic (exact) mass is 384 g/mol. The van der Waals surface area contributed by atoms with Crippen LogP contribution >= 0.6 is 0 Å². The largest absolute Gasteiger partial charge is 0.343 e. The van der Waals surface area contributed by atoms with Crippen LogP contribution in [0, 0.1) is 5.92 Å². The van der Waals surface area contributed by atoms with Gasteiger partial charge in [0.25, 0.3) is 5.56 Å². The molecule has 152 valence electrons. The van der Waals surface area contributed by atoms with E-state index in [1.807, 2.05) is 36.9 Å². The number of para-hydroxylation sites is 1. The van der Waals surface area contributed by atoms with Crippen molar-refractivity contribution in [2.75, 3.05) is 26.2 Å². The lowest BCUT2D eigenvalue weighted by Crippen LogP contribution is -2.37. The molecule has 3 rings (SSSR count). The highest BCUT2D eigenvalue weighted by Gasteiger charge is 2.25. The topological polar surface area (TPSA) is 69.3 Å². The first-order chi connectivity index (χ1) is 13.5. The SMILES string of the molecule is CCN(CC)C(=O)CCC1CCN(C(C)c2nc3ccccc3c(=O)[nH]2)CC1. The van der Waals surface area contributed by atoms with Gasteiger partial charge in [-0.3, -0.25) is 14.5 Å². The van der Waals surface area contributed by atoms with E-state index in [4.69, 9.17) is 0 Å². The van der Waals surface area contributed by atoms with Crippen molar-refractivity contribution in [2.45, 2.75) is 52.5 Å². The smallest absolute Gasteiger partial charge is 0.258 e. The minimum Gasteiger partial charge on any atom is -0.343 e. The Morgan fingerprint density at radius 2 is 1.93 bits per heavy atom. The van der Waals surface area contributed by atoms with E-state index in [0.29, 0.717) is 17.7 Å². The van der Waals surface area contributed by atoms with Gasteiger partial charge in [0.2, 0.25) is 5.91 Å². The van der Waals surface area contributed by atoms with E-state index < -0.39 is 0 Å². The van der Waals surface area contributed by atoms with Gasteiger partial charge in [-0.2, -0.15) is 0 Å². The first kappa shape index (κ1) is 20.5. The lowest BCUT2D eigenvalue weighted by atomic mass is 9.91. The van der Waals surface area contributed by atoms with Crippen LogP contribution in [-0.4, -0.2) is 51.9 Å². The maximum Gasteiger partial charge on any atom is 0.258 e. The fourth-order valence-electron chi connectivity index (χ4n) is 4.17. The van der Waals surface area contributed by atoms with Crippen molar-refractivity contribution < 1.29 is 4.79 Å². The van der Waals surface area contributed by atoms with Gasteiger partial charge in [-0.15, -0.1) is 0 Å². The molecule has 1 aromatic carbocycles. The van der Waals surface area contributed by atoms with Crippen LogP contribution in [-0.2, 0) is 4.79 Å². The Kier molecular flexibility index (Phi) is 6.83. The quantitative estimate of drug-likeness (QED) is 0.795. The van der Waals surface area contributed by atoms with Gasteiger partial charge in [0.15, 0.2) is 0 Å². The normalized spacial score (nSPS) is 17.0. The number of carbonyl (C=O) groups is 1. The average molecular weight is 385 g/mol. The number of piperidine rings is 1. The van der Waals surface area contributed by atoms with E-state index >= 15 is 0 Å². The maximum absolute atomic E-state index is 12.3. The minimum absolute atomic E-state index is 0.0720. The Labute approximate surface area is 166 Å². The van der Waals surface area contributed by atoms with Crippen LogP contribution in [0.4, 0.5) is 0 Å². The van der Waals surface area contributed by atoms with Crippen molar-refractivity contribution in [3.05, 3.63) is 40.4 Å². The molecule has 1 aromatic heterocycles. The molecule has 0 saturated carbocycles. The summed E-state index contributed by atoms with van der Waals surface area (Å²) in [5.74, 6) is 1.61. The molecule has 2 aromatic rings. The molecule has 0 radical (unpaired) electrons. The molecular formula is C22H32N4O2. The van der Waals surface area contributed by atoms with E-state index in [1.165, 1.54) is 0 Å². The molecule has 0 aliphatic carbocycles. The molecule has 1 atom stereocenters. The molecule has 0 spiro atoms. The summed E-state index contributed by atoms with van der Waals surface area (Å²) in [6, 6.07) is 7.54. The fourth-order valence-corrected chi connectivity index (χ4v) is 4.17. The second-order valence-electron chi connectivity index (χ2n) is 7.73. The molecule has 1 aliphatic rings. The van der Waals surface area contributed by atoms with Crippen LogP contribution in [0.15, 0.2) is 29.1 Å². The van der Waals surface area contributed by atoms with Crippen molar-refractivity contribution >= 4 is 16.8 Å². The lowest BCUT2D eigenvalue weighted by molar-refractivity contribution is -0.131. The molecule has 1 saturated heterocycles. The number of amides is 1. The number of hydrogen-bond acceptors (Lipinski definition) is 4. The summed E-state index contributed by atoms with van der Waals surface area (Å²) in [7, 11) is 0. The van der Waals surface area contributed by atoms with E-state index in [-0.39, 0.29) is 17.5 Å². The minimum atomic E-state index is -0.0720. The first-order valence-electron chi connectivity index (χ1n) is 10.5. The number of carbonyl (C=O) groups excluding carboxylic acids is 1. The third-order valence-electron chi connectivity index (χ3n) is 6.11. The molecule has 1 amide bonds. The number of aromatic nitrogens is 2. The summed E-state index contributed by atoms with van der Waals surface area (Å²) in [5.41, 5.74) is 0.676. The molecule has 6 heteroatoms. The fraction of sp³-hybridized carbons (Fsp3) is 0.591. The summed E-state index contributed by atoms with van der Waals surface area (Å²) >= 11 is 0. The third-order valence-corrected chi connectivity index (χ3v) is 6.11. The molecule has 1 aliphatic heterocycles. The summed E-state index contributed by atoms with van der Waals surface area (Å²) in [6.45, 7) is 9.71. The van der Waals surface area contributed by atoms with Gasteiger partial charge in [0.1, 0.15) is 5.82 Å². The Balaban J connectivity index is 1.56. The second kappa shape index (κ2) is 9.32. The van der Waals surface area contributed by atoms with Crippen molar-refractivity contribution in [3.63, 3.8) is 0 Å². The Morgan fingerprint density at radius 3 is 2.61 bits per heavy atom. The molecule has 0 bridgehead atoms. The van der Waals surface area contributed by atoms with E-state index in [2.05, 4.69) is 21.8 Å². The van der Waals surface area contributed by atoms with Gasteiger partial charge in [-0.05, 0) is 71.2 Å². The number of likely N-dealkylation sites (tertiary alicyclic amines) is 1. The predicted molar refractivity (Wildman–Crippen MR) is 112 cm³/mol. The van der Waals surface area contributed by atoms with Crippen molar-refractivity contribution in [1.29, 1.82) is 0 Å². The zero-order valence-corrected chi connectivity index (χ0v) is 17.3. The Morgan fingerprint density at radius 1 is 1.25 bits per heavy atom. The second-order valence-corrected chi connectivity index (χ2v) is 7.73. The summed E-state index contributed by atoms with van der Waals surface area (Å²) in [5, 5.41) is 0.634. The zero-order chi connectivity index (χ0) is 20.1. The average Bonchev–Trinajstić information content (AvgIpc) is 2.73. The molecule has 1 fully saturated rings. The van der Waals surface area contributed by atoms with Crippen LogP contribution in [0.3, 0.4) is 0 Å². The number of H-pyrrole nitrogens is 1. The van der Waals surface area contributed by atoms with Crippen LogP contribution in [0.25, 0.3) is 10.9 Å². The van der Waals surface area contributed by atoms with Gasteiger partial charge in [0.05, 0.1) is 16.9 Å². The number of aromatic amines is 1. The van der Waals surface area contributed by atoms with Gasteiger partial charge in [-0.1, -0.05) is 12.1 Å². The first-order valence-corrected chi connectivity index (χ1v) is 10.5. The molecule has 6 nitrogen and oxygen atoms in total. The van der Waals surface area contributed by atoms with E-state index in [0.717, 1.165) is 56.8 Å². The number of nitrogens with one attached hydrogen (secondary N) is 1. The van der Waals surface area contributed by atoms with Crippen LogP contribution in [0.2, 0.25) is 0 Å². The zero-order valence-electron chi connectivity index (χ0n) is 17.3. The summed E-state index contributed by atoms with van der Waals surface area (Å²) < 4.78 is 0. The van der Waals surface area contributed by atoms with Crippen LogP contribution in [0.1, 0.15) is 58.3 Å². The highest BCUT2D eigenvalue weighted by molar-refractivity contribution is 5.77. The maximum atomic E-state index is 12.3. The standard InChI is InChI=1S/C22H32N4O2/c1-4-25(5-2)20(27)11-10-17-12-14-26(15-13-17)16(3)21-23-19-9-7-6-8-18(19)22(28)24-21/h6-9,16-17H,4-5,10-15H2,1-3H3,(H,23,24,28). The van der Waals surface area contributed by atoms with Gasteiger partial charge in [0, 0.05) is 19.5 Å². The van der Waals surface area contributed by atoms with Gasteiger partial charge < -0.3 is 9.88 Å². The number of hydrogen-bond donors (Lipinski definition) is 1. The number of fused-ring (bicyclic) bond motifs is 1.